The normalized spacial score (nSPS) is 19.0. The zero-order valence-electron chi connectivity index (χ0n) is 22.6. The van der Waals surface area contributed by atoms with Crippen LogP contribution >= 0.6 is 0 Å². The summed E-state index contributed by atoms with van der Waals surface area (Å²) in [6.07, 6.45) is 9.13. The van der Waals surface area contributed by atoms with E-state index >= 15 is 0 Å². The number of para-hydroxylation sites is 1. The van der Waals surface area contributed by atoms with Crippen LogP contribution in [0.1, 0.15) is 54.1 Å². The van der Waals surface area contributed by atoms with Crippen LogP contribution in [0.15, 0.2) is 84.1 Å². The minimum Gasteiger partial charge on any atom is -0.496 e. The summed E-state index contributed by atoms with van der Waals surface area (Å²) in [6, 6.07) is 21.9. The Kier molecular flexibility index (Phi) is 9.52. The van der Waals surface area contributed by atoms with Crippen molar-refractivity contribution in [2.24, 2.45) is 4.99 Å². The third-order valence-corrected chi connectivity index (χ3v) is 7.62. The highest BCUT2D eigenvalue weighted by atomic mass is 16.5. The number of benzene rings is 2. The van der Waals surface area contributed by atoms with E-state index in [1.165, 1.54) is 5.56 Å². The van der Waals surface area contributed by atoms with Crippen LogP contribution in [0.5, 0.6) is 5.75 Å². The molecule has 8 heteroatoms. The number of carbonyl (C=O) groups is 1. The van der Waals surface area contributed by atoms with Crippen LogP contribution in [0.25, 0.3) is 0 Å². The predicted octanol–water partition coefficient (Wildman–Crippen LogP) is 4.65. The highest BCUT2D eigenvalue weighted by Crippen LogP contribution is 2.40. The van der Waals surface area contributed by atoms with E-state index in [2.05, 4.69) is 56.7 Å². The van der Waals surface area contributed by atoms with Gasteiger partial charge >= 0.3 is 0 Å². The van der Waals surface area contributed by atoms with Crippen molar-refractivity contribution >= 4 is 11.9 Å². The first kappa shape index (κ1) is 27.6. The van der Waals surface area contributed by atoms with E-state index in [0.717, 1.165) is 37.8 Å². The third-order valence-electron chi connectivity index (χ3n) is 7.62. The number of nitriles is 1. The fourth-order valence-corrected chi connectivity index (χ4v) is 5.52. The van der Waals surface area contributed by atoms with Gasteiger partial charge in [0.25, 0.3) is 5.91 Å². The van der Waals surface area contributed by atoms with Crippen molar-refractivity contribution in [3.8, 4) is 11.9 Å². The molecular weight excluding hydrogens is 488 g/mol. The molecule has 8 nitrogen and oxygen atoms in total. The van der Waals surface area contributed by atoms with Crippen LogP contribution in [0.2, 0.25) is 0 Å². The third kappa shape index (κ3) is 6.74. The molecule has 1 amide bonds. The highest BCUT2D eigenvalue weighted by molar-refractivity contribution is 5.97. The molecule has 39 heavy (non-hydrogen) atoms. The zero-order chi connectivity index (χ0) is 27.5. The first-order valence-corrected chi connectivity index (χ1v) is 13.4. The summed E-state index contributed by atoms with van der Waals surface area (Å²) in [5.41, 5.74) is 2.60. The van der Waals surface area contributed by atoms with Crippen molar-refractivity contribution in [3.05, 3.63) is 95.8 Å². The van der Waals surface area contributed by atoms with Crippen LogP contribution in [0.4, 0.5) is 0 Å². The molecule has 0 saturated heterocycles. The highest BCUT2D eigenvalue weighted by Gasteiger charge is 2.39. The average Bonchev–Trinajstić information content (AvgIpc) is 3.00. The van der Waals surface area contributed by atoms with Crippen LogP contribution in [-0.4, -0.2) is 48.0 Å². The number of ether oxygens (including phenoxy) is 1. The number of guanidine groups is 1. The molecule has 0 radical (unpaired) electrons. The van der Waals surface area contributed by atoms with Crippen molar-refractivity contribution in [2.75, 3.05) is 20.2 Å². The Bertz CT molecular complexity index is 1280. The van der Waals surface area contributed by atoms with Gasteiger partial charge in [0.1, 0.15) is 5.75 Å². The summed E-state index contributed by atoms with van der Waals surface area (Å²) >= 11 is 0. The standard InChI is InChI=1S/C31H36N6O2/c1-3-37(30(36-23-32)34-21-24-10-9-19-33-20-24)26-15-17-31(18-16-26,25-11-5-4-6-12-25)22-35-29(38)27-13-7-8-14-28(27)39-2/h4-14,19-20,26H,3,15-18,21-22H2,1-2H3,(H,34,36)(H,35,38). The van der Waals surface area contributed by atoms with Gasteiger partial charge in [-0.15, -0.1) is 4.99 Å². The Balaban J connectivity index is 1.48. The summed E-state index contributed by atoms with van der Waals surface area (Å²) in [5, 5.41) is 16.0. The Labute approximate surface area is 230 Å². The maximum atomic E-state index is 13.2. The molecule has 1 fully saturated rings. The minimum atomic E-state index is -0.190. The Hall–Kier alpha value is -4.38. The van der Waals surface area contributed by atoms with Crippen LogP contribution < -0.4 is 15.4 Å². The van der Waals surface area contributed by atoms with E-state index in [1.54, 1.807) is 31.6 Å². The van der Waals surface area contributed by atoms with Gasteiger partial charge in [0.2, 0.25) is 12.2 Å². The maximum Gasteiger partial charge on any atom is 0.255 e. The molecule has 0 spiro atoms. The second-order valence-electron chi connectivity index (χ2n) is 9.80. The fourth-order valence-electron chi connectivity index (χ4n) is 5.52. The van der Waals surface area contributed by atoms with Crippen LogP contribution in [0.3, 0.4) is 0 Å². The molecule has 202 valence electrons. The molecule has 1 aliphatic carbocycles. The number of amides is 1. The van der Waals surface area contributed by atoms with Gasteiger partial charge in [-0.1, -0.05) is 48.5 Å². The number of rotatable bonds is 9. The van der Waals surface area contributed by atoms with Gasteiger partial charge in [-0.2, -0.15) is 5.26 Å². The Morgan fingerprint density at radius 2 is 1.85 bits per heavy atom. The molecule has 1 saturated carbocycles. The van der Waals surface area contributed by atoms with Crippen LogP contribution in [-0.2, 0) is 12.0 Å². The molecule has 0 bridgehead atoms. The SMILES string of the molecule is CCN(/C(=N/C#N)NCc1cccnc1)C1CCC(CNC(=O)c2ccccc2OC)(c2ccccc2)CC1. The van der Waals surface area contributed by atoms with Gasteiger partial charge in [-0.05, 0) is 61.9 Å². The molecule has 3 aromatic rings. The van der Waals surface area contributed by atoms with Crippen molar-refractivity contribution in [3.63, 3.8) is 0 Å². The summed E-state index contributed by atoms with van der Waals surface area (Å²) in [4.78, 5) is 23.7. The number of pyridine rings is 1. The lowest BCUT2D eigenvalue weighted by Gasteiger charge is -2.44. The molecule has 0 aliphatic heterocycles. The summed E-state index contributed by atoms with van der Waals surface area (Å²) in [6.45, 7) is 3.89. The molecule has 0 unspecified atom stereocenters. The zero-order valence-corrected chi connectivity index (χ0v) is 22.6. The van der Waals surface area contributed by atoms with E-state index in [1.807, 2.05) is 36.5 Å². The number of hydrogen-bond acceptors (Lipinski definition) is 5. The molecule has 4 rings (SSSR count). The average molecular weight is 525 g/mol. The lowest BCUT2D eigenvalue weighted by molar-refractivity contribution is 0.0926. The number of methoxy groups -OCH3 is 1. The van der Waals surface area contributed by atoms with Gasteiger partial charge in [0.05, 0.1) is 12.7 Å². The minimum absolute atomic E-state index is 0.136. The molecule has 1 aliphatic rings. The number of carbonyl (C=O) groups excluding carboxylic acids is 1. The van der Waals surface area contributed by atoms with Gasteiger partial charge in [0, 0.05) is 43.5 Å². The smallest absolute Gasteiger partial charge is 0.255 e. The second-order valence-corrected chi connectivity index (χ2v) is 9.80. The van der Waals surface area contributed by atoms with E-state index < -0.39 is 0 Å². The van der Waals surface area contributed by atoms with Gasteiger partial charge in [-0.3, -0.25) is 9.78 Å². The fraction of sp³-hybridized carbons (Fsp3) is 0.355. The number of aromatic nitrogens is 1. The largest absolute Gasteiger partial charge is 0.496 e. The van der Waals surface area contributed by atoms with E-state index in [9.17, 15) is 10.1 Å². The molecule has 2 N–H and O–H groups in total. The molecule has 2 aromatic carbocycles. The van der Waals surface area contributed by atoms with Crippen molar-refractivity contribution in [2.45, 2.75) is 50.6 Å². The lowest BCUT2D eigenvalue weighted by Crippen LogP contribution is -2.51. The van der Waals surface area contributed by atoms with Crippen LogP contribution in [0, 0.1) is 11.5 Å². The first-order valence-electron chi connectivity index (χ1n) is 13.4. The van der Waals surface area contributed by atoms with Gasteiger partial charge in [0.15, 0.2) is 0 Å². The second kappa shape index (κ2) is 13.4. The van der Waals surface area contributed by atoms with Gasteiger partial charge < -0.3 is 20.3 Å². The van der Waals surface area contributed by atoms with E-state index in [4.69, 9.17) is 4.74 Å². The topological polar surface area (TPSA) is 103 Å². The monoisotopic (exact) mass is 524 g/mol. The summed E-state index contributed by atoms with van der Waals surface area (Å²) in [7, 11) is 1.58. The van der Waals surface area contributed by atoms with Gasteiger partial charge in [-0.25, -0.2) is 0 Å². The Morgan fingerprint density at radius 1 is 1.10 bits per heavy atom. The molecule has 1 heterocycles. The number of aliphatic imine (C=N–C) groups is 1. The molecular formula is C31H36N6O2. The Morgan fingerprint density at radius 3 is 2.51 bits per heavy atom. The quantitative estimate of drug-likeness (QED) is 0.240. The first-order chi connectivity index (χ1) is 19.1. The van der Waals surface area contributed by atoms with Crippen molar-refractivity contribution < 1.29 is 9.53 Å². The molecule has 0 atom stereocenters. The van der Waals surface area contributed by atoms with E-state index in [-0.39, 0.29) is 17.4 Å². The van der Waals surface area contributed by atoms with Crippen molar-refractivity contribution in [1.29, 1.82) is 5.26 Å². The van der Waals surface area contributed by atoms with Crippen molar-refractivity contribution in [1.82, 2.24) is 20.5 Å². The van der Waals surface area contributed by atoms with E-state index in [0.29, 0.717) is 30.4 Å². The number of nitrogens with zero attached hydrogens (tertiary/aromatic N) is 4. The lowest BCUT2D eigenvalue weighted by atomic mass is 9.67. The molecule has 1 aromatic heterocycles. The summed E-state index contributed by atoms with van der Waals surface area (Å²) in [5.74, 6) is 1.02. The maximum absolute atomic E-state index is 13.2. The summed E-state index contributed by atoms with van der Waals surface area (Å²) < 4.78 is 5.40. The number of nitrogens with one attached hydrogen (secondary N) is 2. The number of hydrogen-bond donors (Lipinski definition) is 2. The predicted molar refractivity (Wildman–Crippen MR) is 152 cm³/mol.